The van der Waals surface area contributed by atoms with E-state index in [-0.39, 0.29) is 41.4 Å². The first-order valence-corrected chi connectivity index (χ1v) is 13.4. The number of ketones is 1. The summed E-state index contributed by atoms with van der Waals surface area (Å²) >= 11 is 0. The van der Waals surface area contributed by atoms with Gasteiger partial charge >= 0.3 is 0 Å². The van der Waals surface area contributed by atoms with Crippen LogP contribution in [0.25, 0.3) is 0 Å². The van der Waals surface area contributed by atoms with Gasteiger partial charge in [0.1, 0.15) is 17.4 Å². The molecule has 36 heavy (non-hydrogen) atoms. The van der Waals surface area contributed by atoms with Gasteiger partial charge in [0, 0.05) is 31.6 Å². The number of anilines is 2. The molecule has 2 aromatic rings. The van der Waals surface area contributed by atoms with Crippen molar-refractivity contribution < 1.29 is 14.0 Å². The molecule has 194 valence electrons. The van der Waals surface area contributed by atoms with Crippen LogP contribution in [-0.4, -0.2) is 48.3 Å². The van der Waals surface area contributed by atoms with E-state index < -0.39 is 0 Å². The molecule has 0 bridgehead atoms. The monoisotopic (exact) mass is 494 g/mol. The molecule has 1 amide bonds. The molecule has 4 rings (SSSR count). The summed E-state index contributed by atoms with van der Waals surface area (Å²) < 4.78 is 13.4. The number of hydrogen-bond donors (Lipinski definition) is 1. The summed E-state index contributed by atoms with van der Waals surface area (Å²) in [6.07, 6.45) is 7.60. The van der Waals surface area contributed by atoms with E-state index in [9.17, 15) is 14.0 Å². The molecular formula is C29H39FN4O2. The van der Waals surface area contributed by atoms with Crippen molar-refractivity contribution in [2.75, 3.05) is 25.5 Å². The van der Waals surface area contributed by atoms with Gasteiger partial charge in [0.2, 0.25) is 5.91 Å². The highest BCUT2D eigenvalue weighted by atomic mass is 19.1. The normalized spacial score (nSPS) is 20.2. The van der Waals surface area contributed by atoms with Crippen molar-refractivity contribution in [1.29, 1.82) is 0 Å². The number of carbonyl (C=O) groups excluding carboxylic acids is 2. The Bertz CT molecular complexity index is 1040. The molecule has 2 aliphatic rings. The number of Topliss-reactive ketones (excluding diaryl/α,β-unsaturated/α-hetero) is 1. The van der Waals surface area contributed by atoms with Crippen molar-refractivity contribution in [3.05, 3.63) is 54.0 Å². The third-order valence-electron chi connectivity index (χ3n) is 8.06. The molecule has 1 aliphatic heterocycles. The molecule has 1 saturated heterocycles. The van der Waals surface area contributed by atoms with Crippen molar-refractivity contribution in [2.24, 2.45) is 11.8 Å². The Kier molecular flexibility index (Phi) is 8.72. The summed E-state index contributed by atoms with van der Waals surface area (Å²) in [6, 6.07) is 11.9. The maximum Gasteiger partial charge on any atom is 0.226 e. The maximum absolute atomic E-state index is 14.0. The first-order chi connectivity index (χ1) is 17.4. The molecule has 2 fully saturated rings. The number of hydrogen-bond acceptors (Lipinski definition) is 5. The number of carbonyl (C=O) groups is 2. The van der Waals surface area contributed by atoms with E-state index in [4.69, 9.17) is 4.98 Å². The largest absolute Gasteiger partial charge is 0.334 e. The Morgan fingerprint density at radius 3 is 2.50 bits per heavy atom. The molecule has 1 N–H and O–H groups in total. The lowest BCUT2D eigenvalue weighted by Gasteiger charge is -2.35. The number of aromatic nitrogens is 1. The van der Waals surface area contributed by atoms with Crippen LogP contribution >= 0.6 is 0 Å². The minimum absolute atomic E-state index is 0.0954. The number of rotatable bonds is 9. The van der Waals surface area contributed by atoms with Gasteiger partial charge in [0.05, 0.1) is 17.8 Å². The first-order valence-electron chi connectivity index (χ1n) is 13.4. The lowest BCUT2D eigenvalue weighted by Crippen LogP contribution is -2.42. The Balaban J connectivity index is 1.56. The second-order valence-electron chi connectivity index (χ2n) is 10.3. The zero-order valence-electron chi connectivity index (χ0n) is 21.8. The van der Waals surface area contributed by atoms with Crippen LogP contribution in [0.3, 0.4) is 0 Å². The van der Waals surface area contributed by atoms with Crippen LogP contribution in [0.5, 0.6) is 0 Å². The minimum Gasteiger partial charge on any atom is -0.334 e. The topological polar surface area (TPSA) is 65.5 Å². The van der Waals surface area contributed by atoms with Crippen molar-refractivity contribution in [1.82, 2.24) is 15.2 Å². The van der Waals surface area contributed by atoms with Gasteiger partial charge in [0.25, 0.3) is 0 Å². The zero-order chi connectivity index (χ0) is 25.7. The SMILES string of the molecule is CN[C@@H](C)C(=O)C[C@H](C(=O)N1CCC[C@H]1c1cccc(N(C)c2ccc(F)cc2)n1)C1CCCCC1. The van der Waals surface area contributed by atoms with Crippen molar-refractivity contribution in [2.45, 2.75) is 70.4 Å². The summed E-state index contributed by atoms with van der Waals surface area (Å²) in [5.74, 6) is 0.700. The fourth-order valence-corrected chi connectivity index (χ4v) is 5.71. The van der Waals surface area contributed by atoms with Crippen molar-refractivity contribution >= 4 is 23.2 Å². The molecule has 7 heteroatoms. The first kappa shape index (κ1) is 26.3. The highest BCUT2D eigenvalue weighted by Crippen LogP contribution is 2.38. The van der Waals surface area contributed by atoms with Gasteiger partial charge in [-0.05, 0) is 82.0 Å². The quantitative estimate of drug-likeness (QED) is 0.505. The smallest absolute Gasteiger partial charge is 0.226 e. The Hall–Kier alpha value is -2.80. The van der Waals surface area contributed by atoms with Gasteiger partial charge in [-0.1, -0.05) is 25.3 Å². The summed E-state index contributed by atoms with van der Waals surface area (Å²) in [6.45, 7) is 2.57. The van der Waals surface area contributed by atoms with E-state index in [1.807, 2.05) is 42.0 Å². The molecule has 2 heterocycles. The lowest BCUT2D eigenvalue weighted by molar-refractivity contribution is -0.141. The van der Waals surface area contributed by atoms with Gasteiger partial charge in [0.15, 0.2) is 0 Å². The molecule has 0 unspecified atom stereocenters. The van der Waals surface area contributed by atoms with E-state index in [1.165, 1.54) is 18.6 Å². The van der Waals surface area contributed by atoms with Crippen LogP contribution in [-0.2, 0) is 9.59 Å². The number of likely N-dealkylation sites (N-methyl/N-ethyl adjacent to an activating group) is 1. The van der Waals surface area contributed by atoms with E-state index in [0.29, 0.717) is 13.0 Å². The number of pyridine rings is 1. The molecule has 1 aromatic heterocycles. The zero-order valence-corrected chi connectivity index (χ0v) is 21.8. The standard InChI is InChI=1S/C29H39FN4O2/c1-20(31-2)27(35)19-24(21-9-5-4-6-10-21)29(36)34-18-8-12-26(34)25-11-7-13-28(32-25)33(3)23-16-14-22(30)15-17-23/h7,11,13-17,20-21,24,26,31H,4-6,8-10,12,18-19H2,1-3H3/t20-,24-,26-/m0/s1. The fraction of sp³-hybridized carbons (Fsp3) is 0.552. The number of nitrogens with zero attached hydrogens (tertiary/aromatic N) is 3. The van der Waals surface area contributed by atoms with Crippen LogP contribution in [0.15, 0.2) is 42.5 Å². The Labute approximate surface area is 214 Å². The van der Waals surface area contributed by atoms with Crippen molar-refractivity contribution in [3.8, 4) is 0 Å². The van der Waals surface area contributed by atoms with Crippen LogP contribution in [0.2, 0.25) is 0 Å². The van der Waals surface area contributed by atoms with Gasteiger partial charge in [-0.25, -0.2) is 9.37 Å². The summed E-state index contributed by atoms with van der Waals surface area (Å²) in [5, 5.41) is 3.04. The lowest BCUT2D eigenvalue weighted by atomic mass is 9.76. The predicted molar refractivity (Wildman–Crippen MR) is 141 cm³/mol. The maximum atomic E-state index is 14.0. The Morgan fingerprint density at radius 2 is 1.81 bits per heavy atom. The molecule has 1 aromatic carbocycles. The van der Waals surface area contributed by atoms with E-state index in [0.717, 1.165) is 55.7 Å². The number of benzene rings is 1. The second-order valence-corrected chi connectivity index (χ2v) is 10.3. The number of halogens is 1. The fourth-order valence-electron chi connectivity index (χ4n) is 5.71. The number of likely N-dealkylation sites (tertiary alicyclic amines) is 1. The predicted octanol–water partition coefficient (Wildman–Crippen LogP) is 5.42. The average molecular weight is 495 g/mol. The van der Waals surface area contributed by atoms with Gasteiger partial charge in [-0.15, -0.1) is 0 Å². The van der Waals surface area contributed by atoms with Crippen LogP contribution in [0, 0.1) is 17.7 Å². The van der Waals surface area contributed by atoms with E-state index in [1.54, 1.807) is 19.2 Å². The average Bonchev–Trinajstić information content (AvgIpc) is 3.41. The third kappa shape index (κ3) is 5.94. The highest BCUT2D eigenvalue weighted by molar-refractivity contribution is 5.90. The molecule has 0 radical (unpaired) electrons. The molecule has 1 saturated carbocycles. The van der Waals surface area contributed by atoms with Crippen LogP contribution in [0.4, 0.5) is 15.9 Å². The van der Waals surface area contributed by atoms with E-state index >= 15 is 0 Å². The Morgan fingerprint density at radius 1 is 1.08 bits per heavy atom. The molecule has 6 nitrogen and oxygen atoms in total. The van der Waals surface area contributed by atoms with Crippen LogP contribution in [0.1, 0.15) is 70.0 Å². The van der Waals surface area contributed by atoms with Gasteiger partial charge < -0.3 is 15.1 Å². The van der Waals surface area contributed by atoms with Crippen molar-refractivity contribution in [3.63, 3.8) is 0 Å². The summed E-state index contributed by atoms with van der Waals surface area (Å²) in [4.78, 5) is 35.8. The molecular weight excluding hydrogens is 455 g/mol. The summed E-state index contributed by atoms with van der Waals surface area (Å²) in [5.41, 5.74) is 1.71. The van der Waals surface area contributed by atoms with Crippen LogP contribution < -0.4 is 10.2 Å². The van der Waals surface area contributed by atoms with Gasteiger partial charge in [-0.2, -0.15) is 0 Å². The highest BCUT2D eigenvalue weighted by Gasteiger charge is 2.39. The number of amides is 1. The number of nitrogens with one attached hydrogen (secondary N) is 1. The second kappa shape index (κ2) is 12.0. The van der Waals surface area contributed by atoms with E-state index in [2.05, 4.69) is 5.32 Å². The third-order valence-corrected chi connectivity index (χ3v) is 8.06. The molecule has 3 atom stereocenters. The minimum atomic E-state index is -0.274. The molecule has 1 aliphatic carbocycles. The van der Waals surface area contributed by atoms with Gasteiger partial charge in [-0.3, -0.25) is 9.59 Å². The summed E-state index contributed by atoms with van der Waals surface area (Å²) in [7, 11) is 3.70. The molecule has 0 spiro atoms.